The van der Waals surface area contributed by atoms with Gasteiger partial charge in [-0.15, -0.1) is 4.40 Å². The monoisotopic (exact) mass is 417 g/mol. The smallest absolute Gasteiger partial charge is 0.308 e. The van der Waals surface area contributed by atoms with Crippen molar-refractivity contribution in [3.05, 3.63) is 53.6 Å². The maximum atomic E-state index is 12.3. The minimum absolute atomic E-state index is 0.0435. The van der Waals surface area contributed by atoms with Crippen LogP contribution < -0.4 is 9.47 Å². The molecule has 152 valence electrons. The minimum Gasteiger partial charge on any atom is -0.493 e. The molecule has 0 spiro atoms. The highest BCUT2D eigenvalue weighted by Crippen LogP contribution is 2.29. The molecule has 0 fully saturated rings. The summed E-state index contributed by atoms with van der Waals surface area (Å²) in [5.74, 6) is 0.265. The number of nitrogens with zero attached hydrogens (tertiary/aromatic N) is 3. The van der Waals surface area contributed by atoms with E-state index in [0.29, 0.717) is 16.9 Å². The first-order valence-corrected chi connectivity index (χ1v) is 10.0. The first-order chi connectivity index (χ1) is 13.9. The Bertz CT molecular complexity index is 1090. The molecule has 0 radical (unpaired) electrons. The zero-order chi connectivity index (χ0) is 21.0. The van der Waals surface area contributed by atoms with E-state index in [1.807, 2.05) is 0 Å². The van der Waals surface area contributed by atoms with Crippen molar-refractivity contribution in [1.82, 2.24) is 5.01 Å². The molecule has 0 unspecified atom stereocenters. The largest absolute Gasteiger partial charge is 0.493 e. The number of aliphatic hydroxyl groups excluding tert-OH is 1. The van der Waals surface area contributed by atoms with Gasteiger partial charge in [0, 0.05) is 12.5 Å². The molecule has 0 atom stereocenters. The molecule has 29 heavy (non-hydrogen) atoms. The molecule has 1 N–H and O–H groups in total. The van der Waals surface area contributed by atoms with E-state index in [1.54, 1.807) is 36.4 Å². The Morgan fingerprint density at radius 3 is 2.69 bits per heavy atom. The number of sulfonamides is 1. The van der Waals surface area contributed by atoms with Gasteiger partial charge in [0.25, 0.3) is 10.0 Å². The molecule has 0 saturated carbocycles. The summed E-state index contributed by atoms with van der Waals surface area (Å²) >= 11 is 0. The Kier molecular flexibility index (Phi) is 5.95. The summed E-state index contributed by atoms with van der Waals surface area (Å²) in [5.41, 5.74) is 1.02. The van der Waals surface area contributed by atoms with Crippen LogP contribution in [0.5, 0.6) is 11.5 Å². The van der Waals surface area contributed by atoms with Gasteiger partial charge < -0.3 is 14.6 Å². The van der Waals surface area contributed by atoms with E-state index in [1.165, 1.54) is 31.3 Å². The van der Waals surface area contributed by atoms with Gasteiger partial charge in [-0.05, 0) is 35.9 Å². The Morgan fingerprint density at radius 2 is 2.00 bits per heavy atom. The lowest BCUT2D eigenvalue weighted by molar-refractivity contribution is -0.132. The zero-order valence-corrected chi connectivity index (χ0v) is 16.6. The maximum absolute atomic E-state index is 12.3. The highest BCUT2D eigenvalue weighted by Gasteiger charge is 2.31. The van der Waals surface area contributed by atoms with Gasteiger partial charge in [0.1, 0.15) is 4.90 Å². The standard InChI is InChI=1S/C19H19N3O6S/c1-13(24)28-16-8-7-14(11-17(16)27-2)12-20-22(9-10-23)19-15-5-3-4-6-18(15)29(25,26)21-19/h3-8,11-12,23H,9-10H2,1-2H3/b20-12+. The van der Waals surface area contributed by atoms with E-state index in [9.17, 15) is 18.3 Å². The summed E-state index contributed by atoms with van der Waals surface area (Å²) < 4.78 is 38.6. The molecule has 0 amide bonds. The predicted octanol–water partition coefficient (Wildman–Crippen LogP) is 1.40. The summed E-state index contributed by atoms with van der Waals surface area (Å²) in [6.45, 7) is 1.07. The number of ether oxygens (including phenoxy) is 2. The van der Waals surface area contributed by atoms with Crippen molar-refractivity contribution in [2.24, 2.45) is 9.50 Å². The van der Waals surface area contributed by atoms with Crippen molar-refractivity contribution < 1.29 is 27.8 Å². The number of methoxy groups -OCH3 is 1. The van der Waals surface area contributed by atoms with Crippen LogP contribution in [0.4, 0.5) is 0 Å². The molecule has 10 heteroatoms. The Labute approximate surface area is 168 Å². The van der Waals surface area contributed by atoms with Crippen LogP contribution in [0.15, 0.2) is 56.9 Å². The van der Waals surface area contributed by atoms with Crippen LogP contribution in [0.25, 0.3) is 0 Å². The number of hydrogen-bond acceptors (Lipinski definition) is 8. The van der Waals surface area contributed by atoms with Crippen molar-refractivity contribution in [2.75, 3.05) is 20.3 Å². The SMILES string of the molecule is COc1cc(/C=N/N(CCO)C2=NS(=O)(=O)c3ccccc32)ccc1OC(C)=O. The molecule has 1 heterocycles. The van der Waals surface area contributed by atoms with Crippen LogP contribution >= 0.6 is 0 Å². The average Bonchev–Trinajstić information content (AvgIpc) is 2.97. The third kappa shape index (κ3) is 4.44. The van der Waals surface area contributed by atoms with Crippen LogP contribution in [0, 0.1) is 0 Å². The maximum Gasteiger partial charge on any atom is 0.308 e. The first-order valence-electron chi connectivity index (χ1n) is 8.59. The third-order valence-electron chi connectivity index (χ3n) is 3.96. The molecule has 1 aliphatic heterocycles. The second-order valence-corrected chi connectivity index (χ2v) is 7.55. The quantitative estimate of drug-likeness (QED) is 0.327. The lowest BCUT2D eigenvalue weighted by atomic mass is 10.2. The van der Waals surface area contributed by atoms with Crippen LogP contribution in [0.3, 0.4) is 0 Å². The topological polar surface area (TPSA) is 118 Å². The molecular formula is C19H19N3O6S. The number of rotatable bonds is 6. The molecular weight excluding hydrogens is 398 g/mol. The van der Waals surface area contributed by atoms with Crippen LogP contribution in [-0.2, 0) is 14.8 Å². The third-order valence-corrected chi connectivity index (χ3v) is 5.28. The van der Waals surface area contributed by atoms with E-state index in [0.717, 1.165) is 0 Å². The van der Waals surface area contributed by atoms with Gasteiger partial charge in [0.05, 0.1) is 26.5 Å². The minimum atomic E-state index is -3.81. The van der Waals surface area contributed by atoms with Gasteiger partial charge in [0.15, 0.2) is 17.3 Å². The van der Waals surface area contributed by atoms with Crippen molar-refractivity contribution in [3.63, 3.8) is 0 Å². The number of hydrazone groups is 1. The molecule has 0 aromatic heterocycles. The Balaban J connectivity index is 1.92. The van der Waals surface area contributed by atoms with Crippen LogP contribution in [0.2, 0.25) is 0 Å². The van der Waals surface area contributed by atoms with Gasteiger partial charge in [-0.3, -0.25) is 4.79 Å². The molecule has 0 aliphatic carbocycles. The second-order valence-electron chi connectivity index (χ2n) is 5.98. The molecule has 9 nitrogen and oxygen atoms in total. The second kappa shape index (κ2) is 8.41. The van der Waals surface area contributed by atoms with E-state index < -0.39 is 16.0 Å². The van der Waals surface area contributed by atoms with Crippen molar-refractivity contribution in [2.45, 2.75) is 11.8 Å². The van der Waals surface area contributed by atoms with Crippen LogP contribution in [0.1, 0.15) is 18.1 Å². The molecule has 3 rings (SSSR count). The fourth-order valence-electron chi connectivity index (χ4n) is 2.73. The fourth-order valence-corrected chi connectivity index (χ4v) is 3.93. The number of aliphatic hydroxyl groups is 1. The summed E-state index contributed by atoms with van der Waals surface area (Å²) in [6.07, 6.45) is 1.46. The van der Waals surface area contributed by atoms with Crippen molar-refractivity contribution >= 4 is 28.0 Å². The number of fused-ring (bicyclic) bond motifs is 1. The first kappa shape index (κ1) is 20.5. The normalized spacial score (nSPS) is 14.4. The fraction of sp³-hybridized carbons (Fsp3) is 0.211. The van der Waals surface area contributed by atoms with Gasteiger partial charge in [-0.25, -0.2) is 5.01 Å². The number of carbonyl (C=O) groups excluding carboxylic acids is 1. The zero-order valence-electron chi connectivity index (χ0n) is 15.8. The van der Waals surface area contributed by atoms with Crippen molar-refractivity contribution in [1.29, 1.82) is 0 Å². The van der Waals surface area contributed by atoms with Gasteiger partial charge >= 0.3 is 5.97 Å². The number of esters is 1. The molecule has 1 aliphatic rings. The Morgan fingerprint density at radius 1 is 1.24 bits per heavy atom. The highest BCUT2D eigenvalue weighted by atomic mass is 32.2. The summed E-state index contributed by atoms with van der Waals surface area (Å²) in [6, 6.07) is 11.3. The lowest BCUT2D eigenvalue weighted by Crippen LogP contribution is -2.28. The lowest BCUT2D eigenvalue weighted by Gasteiger charge is -2.17. The summed E-state index contributed by atoms with van der Waals surface area (Å²) in [5, 5.41) is 15.0. The molecule has 2 aromatic carbocycles. The van der Waals surface area contributed by atoms with Crippen molar-refractivity contribution in [3.8, 4) is 11.5 Å². The van der Waals surface area contributed by atoms with Crippen LogP contribution in [-0.4, -0.2) is 56.8 Å². The highest BCUT2D eigenvalue weighted by molar-refractivity contribution is 7.90. The van der Waals surface area contributed by atoms with E-state index in [-0.39, 0.29) is 29.6 Å². The number of hydrogen-bond donors (Lipinski definition) is 1. The molecule has 2 aromatic rings. The summed E-state index contributed by atoms with van der Waals surface area (Å²) in [7, 11) is -2.37. The predicted molar refractivity (Wildman–Crippen MR) is 106 cm³/mol. The summed E-state index contributed by atoms with van der Waals surface area (Å²) in [4.78, 5) is 11.3. The van der Waals surface area contributed by atoms with E-state index >= 15 is 0 Å². The van der Waals surface area contributed by atoms with Gasteiger partial charge in [-0.1, -0.05) is 12.1 Å². The van der Waals surface area contributed by atoms with Gasteiger partial charge in [-0.2, -0.15) is 13.5 Å². The number of amidine groups is 1. The number of carbonyl (C=O) groups is 1. The van der Waals surface area contributed by atoms with Gasteiger partial charge in [0.2, 0.25) is 0 Å². The molecule has 0 bridgehead atoms. The number of benzene rings is 2. The Hall–Kier alpha value is -3.24. The van der Waals surface area contributed by atoms with E-state index in [4.69, 9.17) is 9.47 Å². The molecule has 0 saturated heterocycles. The van der Waals surface area contributed by atoms with E-state index in [2.05, 4.69) is 9.50 Å². The average molecular weight is 417 g/mol.